The number of Topliss-reactive ketones (excluding diaryl/α,β-unsaturated/α-hetero) is 1. The molecule has 0 saturated heterocycles. The van der Waals surface area contributed by atoms with Gasteiger partial charge in [-0.05, 0) is 31.9 Å². The summed E-state index contributed by atoms with van der Waals surface area (Å²) in [5.74, 6) is 0.000790. The van der Waals surface area contributed by atoms with Crippen LogP contribution in [0, 0.1) is 6.92 Å². The number of ketones is 1. The Bertz CT molecular complexity index is 676. The Hall–Kier alpha value is -1.81. The molecule has 0 amide bonds. The van der Waals surface area contributed by atoms with Crippen molar-refractivity contribution in [3.05, 3.63) is 45.7 Å². The highest BCUT2D eigenvalue weighted by Crippen LogP contribution is 2.24. The number of nitrogen functional groups attached to an aromatic ring is 1. The first kappa shape index (κ1) is 15.6. The molecular weight excluding hydrogens is 286 g/mol. The van der Waals surface area contributed by atoms with E-state index in [1.54, 1.807) is 16.8 Å². The second kappa shape index (κ2) is 6.31. The summed E-state index contributed by atoms with van der Waals surface area (Å²) in [5.41, 5.74) is 9.69. The zero-order valence-corrected chi connectivity index (χ0v) is 13.4. The molecule has 5 heteroatoms. The van der Waals surface area contributed by atoms with Gasteiger partial charge in [-0.1, -0.05) is 30.7 Å². The lowest BCUT2D eigenvalue weighted by Gasteiger charge is -2.07. The number of hydrogen-bond acceptors (Lipinski definition) is 3. The monoisotopic (exact) mass is 305 g/mol. The average Bonchev–Trinajstić information content (AvgIpc) is 2.78. The number of hydrogen-bond donors (Lipinski definition) is 1. The van der Waals surface area contributed by atoms with Crippen LogP contribution in [0.1, 0.15) is 41.2 Å². The first-order valence-electron chi connectivity index (χ1n) is 7.11. The quantitative estimate of drug-likeness (QED) is 0.680. The molecule has 4 nitrogen and oxygen atoms in total. The summed E-state index contributed by atoms with van der Waals surface area (Å²) >= 11 is 6.34. The predicted octanol–water partition coefficient (Wildman–Crippen LogP) is 3.43. The molecule has 0 fully saturated rings. The standard InChI is InChI=1S/C16H20ClN3O/c1-4-13-16(17)14(20(5-2)19-13)9-15(21)11-7-6-10(3)12(18)8-11/h6-8H,4-5,9,18H2,1-3H3. The summed E-state index contributed by atoms with van der Waals surface area (Å²) in [6.45, 7) is 6.60. The van der Waals surface area contributed by atoms with Gasteiger partial charge >= 0.3 is 0 Å². The van der Waals surface area contributed by atoms with E-state index in [1.807, 2.05) is 26.8 Å². The molecule has 1 aromatic carbocycles. The minimum absolute atomic E-state index is 0.000790. The van der Waals surface area contributed by atoms with Crippen LogP contribution in [0.3, 0.4) is 0 Å². The van der Waals surface area contributed by atoms with Gasteiger partial charge in [-0.15, -0.1) is 0 Å². The van der Waals surface area contributed by atoms with Gasteiger partial charge in [-0.3, -0.25) is 9.48 Å². The topological polar surface area (TPSA) is 60.9 Å². The number of aryl methyl sites for hydroxylation is 3. The zero-order valence-electron chi connectivity index (χ0n) is 12.6. The molecule has 0 bridgehead atoms. The molecular formula is C16H20ClN3O. The van der Waals surface area contributed by atoms with E-state index in [9.17, 15) is 4.79 Å². The maximum Gasteiger partial charge on any atom is 0.168 e. The van der Waals surface area contributed by atoms with Crippen LogP contribution in [0.25, 0.3) is 0 Å². The Balaban J connectivity index is 2.31. The molecule has 112 valence electrons. The predicted molar refractivity (Wildman–Crippen MR) is 85.9 cm³/mol. The highest BCUT2D eigenvalue weighted by atomic mass is 35.5. The third kappa shape index (κ3) is 3.10. The summed E-state index contributed by atoms with van der Waals surface area (Å²) in [4.78, 5) is 12.4. The number of carbonyl (C=O) groups is 1. The van der Waals surface area contributed by atoms with Gasteiger partial charge in [-0.2, -0.15) is 5.10 Å². The number of benzene rings is 1. The van der Waals surface area contributed by atoms with Crippen LogP contribution < -0.4 is 5.73 Å². The highest BCUT2D eigenvalue weighted by molar-refractivity contribution is 6.32. The molecule has 0 aliphatic heterocycles. The van der Waals surface area contributed by atoms with Gasteiger partial charge in [0.2, 0.25) is 0 Å². The van der Waals surface area contributed by atoms with Crippen molar-refractivity contribution < 1.29 is 4.79 Å². The maximum atomic E-state index is 12.4. The fraction of sp³-hybridized carbons (Fsp3) is 0.375. The molecule has 1 aromatic heterocycles. The average molecular weight is 306 g/mol. The Labute approximate surface area is 129 Å². The Morgan fingerprint density at radius 1 is 1.38 bits per heavy atom. The van der Waals surface area contributed by atoms with E-state index in [4.69, 9.17) is 17.3 Å². The largest absolute Gasteiger partial charge is 0.398 e. The molecule has 0 atom stereocenters. The fourth-order valence-corrected chi connectivity index (χ4v) is 2.59. The molecule has 0 aliphatic carbocycles. The van der Waals surface area contributed by atoms with Crippen LogP contribution in [0.15, 0.2) is 18.2 Å². The van der Waals surface area contributed by atoms with E-state index < -0.39 is 0 Å². The lowest BCUT2D eigenvalue weighted by Crippen LogP contribution is -2.10. The molecule has 2 N–H and O–H groups in total. The molecule has 2 rings (SSSR count). The second-order valence-corrected chi connectivity index (χ2v) is 5.43. The van der Waals surface area contributed by atoms with E-state index in [0.717, 1.165) is 23.4 Å². The van der Waals surface area contributed by atoms with Crippen molar-refractivity contribution in [2.45, 2.75) is 40.2 Å². The van der Waals surface area contributed by atoms with E-state index >= 15 is 0 Å². The number of rotatable bonds is 5. The zero-order chi connectivity index (χ0) is 15.6. The second-order valence-electron chi connectivity index (χ2n) is 5.05. The minimum Gasteiger partial charge on any atom is -0.398 e. The molecule has 0 aliphatic rings. The van der Waals surface area contributed by atoms with Crippen LogP contribution in [0.2, 0.25) is 5.02 Å². The lowest BCUT2D eigenvalue weighted by atomic mass is 10.0. The number of nitrogens with zero attached hydrogens (tertiary/aromatic N) is 2. The summed E-state index contributed by atoms with van der Waals surface area (Å²) < 4.78 is 1.80. The van der Waals surface area contributed by atoms with E-state index in [1.165, 1.54) is 0 Å². The number of carbonyl (C=O) groups excluding carboxylic acids is 1. The van der Waals surface area contributed by atoms with Crippen molar-refractivity contribution in [1.82, 2.24) is 9.78 Å². The lowest BCUT2D eigenvalue weighted by molar-refractivity contribution is 0.0990. The van der Waals surface area contributed by atoms with Crippen LogP contribution in [-0.2, 0) is 19.4 Å². The molecule has 0 radical (unpaired) electrons. The summed E-state index contributed by atoms with van der Waals surface area (Å²) in [6, 6.07) is 5.38. The fourth-order valence-electron chi connectivity index (χ4n) is 2.25. The summed E-state index contributed by atoms with van der Waals surface area (Å²) in [7, 11) is 0. The van der Waals surface area contributed by atoms with Gasteiger partial charge < -0.3 is 5.73 Å². The smallest absolute Gasteiger partial charge is 0.168 e. The van der Waals surface area contributed by atoms with E-state index in [0.29, 0.717) is 22.8 Å². The maximum absolute atomic E-state index is 12.4. The molecule has 0 spiro atoms. The van der Waals surface area contributed by atoms with Gasteiger partial charge in [0.05, 0.1) is 22.8 Å². The molecule has 0 unspecified atom stereocenters. The van der Waals surface area contributed by atoms with Gasteiger partial charge in [0.15, 0.2) is 5.78 Å². The normalized spacial score (nSPS) is 10.9. The Morgan fingerprint density at radius 2 is 2.10 bits per heavy atom. The number of anilines is 1. The third-order valence-corrected chi connectivity index (χ3v) is 4.06. The first-order valence-corrected chi connectivity index (χ1v) is 7.49. The highest BCUT2D eigenvalue weighted by Gasteiger charge is 2.18. The van der Waals surface area contributed by atoms with Crippen molar-refractivity contribution in [2.75, 3.05) is 5.73 Å². The van der Waals surface area contributed by atoms with Gasteiger partial charge in [0.1, 0.15) is 0 Å². The summed E-state index contributed by atoms with van der Waals surface area (Å²) in [6.07, 6.45) is 0.993. The number of halogens is 1. The van der Waals surface area contributed by atoms with Gasteiger partial charge in [0.25, 0.3) is 0 Å². The van der Waals surface area contributed by atoms with Crippen LogP contribution >= 0.6 is 11.6 Å². The van der Waals surface area contributed by atoms with Crippen LogP contribution in [0.4, 0.5) is 5.69 Å². The molecule has 1 heterocycles. The van der Waals surface area contributed by atoms with Crippen molar-refractivity contribution in [2.24, 2.45) is 0 Å². The summed E-state index contributed by atoms with van der Waals surface area (Å²) in [5, 5.41) is 5.04. The van der Waals surface area contributed by atoms with Gasteiger partial charge in [0, 0.05) is 17.8 Å². The number of aromatic nitrogens is 2. The SMILES string of the molecule is CCc1nn(CC)c(CC(=O)c2ccc(C)c(N)c2)c1Cl. The minimum atomic E-state index is 0.000790. The molecule has 21 heavy (non-hydrogen) atoms. The van der Waals surface area contributed by atoms with E-state index in [2.05, 4.69) is 5.10 Å². The Morgan fingerprint density at radius 3 is 2.67 bits per heavy atom. The third-order valence-electron chi connectivity index (χ3n) is 3.62. The molecule has 2 aromatic rings. The number of nitrogens with two attached hydrogens (primary N) is 1. The Kier molecular flexibility index (Phi) is 4.68. The van der Waals surface area contributed by atoms with Crippen LogP contribution in [-0.4, -0.2) is 15.6 Å². The van der Waals surface area contributed by atoms with Crippen molar-refractivity contribution in [3.63, 3.8) is 0 Å². The van der Waals surface area contributed by atoms with Crippen molar-refractivity contribution in [1.29, 1.82) is 0 Å². The van der Waals surface area contributed by atoms with Crippen molar-refractivity contribution >= 4 is 23.1 Å². The van der Waals surface area contributed by atoms with Crippen LogP contribution in [0.5, 0.6) is 0 Å². The van der Waals surface area contributed by atoms with E-state index in [-0.39, 0.29) is 12.2 Å². The van der Waals surface area contributed by atoms with Gasteiger partial charge in [-0.25, -0.2) is 0 Å². The van der Waals surface area contributed by atoms with Crippen molar-refractivity contribution in [3.8, 4) is 0 Å². The first-order chi connectivity index (χ1) is 9.97. The molecule has 0 saturated carbocycles.